The molecule has 6 heteroatoms. The molecule has 0 unspecified atom stereocenters. The van der Waals surface area contributed by atoms with Crippen molar-refractivity contribution in [3.8, 4) is 11.8 Å². The molecule has 0 aromatic heterocycles. The van der Waals surface area contributed by atoms with Crippen LogP contribution in [-0.4, -0.2) is 50.6 Å². The summed E-state index contributed by atoms with van der Waals surface area (Å²) in [5.41, 5.74) is 3.94. The number of hydrogen-bond donors (Lipinski definition) is 1. The molecule has 1 amide bonds. The van der Waals surface area contributed by atoms with E-state index < -0.39 is 0 Å². The summed E-state index contributed by atoms with van der Waals surface area (Å²) < 4.78 is 5.22. The second-order valence-corrected chi connectivity index (χ2v) is 7.13. The standard InChI is InChI=1S/C23H26N4O2/c1-18-17-20(27-14-12-26(2)13-15-27)6-9-22(18)25-23(28)10-5-19-3-7-21(8-4-19)29-16-11-24/h3-10,17H,12-16H2,1-2H3,(H,25,28). The molecule has 3 rings (SSSR count). The molecule has 1 saturated heterocycles. The van der Waals surface area contributed by atoms with Gasteiger partial charge in [-0.15, -0.1) is 0 Å². The second-order valence-electron chi connectivity index (χ2n) is 7.13. The first kappa shape index (κ1) is 20.4. The molecule has 29 heavy (non-hydrogen) atoms. The van der Waals surface area contributed by atoms with Crippen LogP contribution < -0.4 is 15.0 Å². The number of benzene rings is 2. The van der Waals surface area contributed by atoms with Crippen LogP contribution in [0.2, 0.25) is 0 Å². The number of amides is 1. The van der Waals surface area contributed by atoms with E-state index in [9.17, 15) is 4.79 Å². The summed E-state index contributed by atoms with van der Waals surface area (Å²) in [7, 11) is 2.14. The predicted octanol–water partition coefficient (Wildman–Crippen LogP) is 3.30. The molecule has 0 spiro atoms. The molecule has 1 fully saturated rings. The lowest BCUT2D eigenvalue weighted by atomic mass is 10.1. The van der Waals surface area contributed by atoms with Crippen LogP contribution in [0.1, 0.15) is 11.1 Å². The number of aryl methyl sites for hydroxylation is 1. The van der Waals surface area contributed by atoms with Crippen molar-refractivity contribution in [3.63, 3.8) is 0 Å². The SMILES string of the molecule is Cc1cc(N2CCN(C)CC2)ccc1NC(=O)C=Cc1ccc(OCC#N)cc1. The van der Waals surface area contributed by atoms with Gasteiger partial charge >= 0.3 is 0 Å². The van der Waals surface area contributed by atoms with E-state index >= 15 is 0 Å². The van der Waals surface area contributed by atoms with Gasteiger partial charge in [-0.05, 0) is 61.5 Å². The third kappa shape index (κ3) is 5.84. The lowest BCUT2D eigenvalue weighted by molar-refractivity contribution is -0.111. The number of ether oxygens (including phenoxy) is 1. The van der Waals surface area contributed by atoms with Gasteiger partial charge in [0.05, 0.1) is 0 Å². The van der Waals surface area contributed by atoms with Gasteiger partial charge in [0.2, 0.25) is 5.91 Å². The van der Waals surface area contributed by atoms with E-state index in [1.807, 2.05) is 31.2 Å². The van der Waals surface area contributed by atoms with Gasteiger partial charge in [-0.1, -0.05) is 12.1 Å². The molecule has 0 aliphatic carbocycles. The quantitative estimate of drug-likeness (QED) is 0.767. The maximum atomic E-state index is 12.3. The lowest BCUT2D eigenvalue weighted by Gasteiger charge is -2.34. The van der Waals surface area contributed by atoms with Gasteiger partial charge < -0.3 is 19.9 Å². The fraction of sp³-hybridized carbons (Fsp3) is 0.304. The molecular weight excluding hydrogens is 364 g/mol. The number of likely N-dealkylation sites (N-methyl/N-ethyl adjacent to an activating group) is 1. The van der Waals surface area contributed by atoms with E-state index in [0.717, 1.165) is 43.0 Å². The van der Waals surface area contributed by atoms with E-state index in [2.05, 4.69) is 34.3 Å². The highest BCUT2D eigenvalue weighted by atomic mass is 16.5. The topological polar surface area (TPSA) is 68.6 Å². The van der Waals surface area contributed by atoms with E-state index in [4.69, 9.17) is 10.00 Å². The fourth-order valence-electron chi connectivity index (χ4n) is 3.19. The van der Waals surface area contributed by atoms with Gasteiger partial charge in [-0.2, -0.15) is 5.26 Å². The molecule has 0 bridgehead atoms. The van der Waals surface area contributed by atoms with Crippen LogP contribution in [0.15, 0.2) is 48.5 Å². The molecule has 0 atom stereocenters. The van der Waals surface area contributed by atoms with Crippen LogP contribution in [0, 0.1) is 18.3 Å². The second kappa shape index (κ2) is 9.76. The van der Waals surface area contributed by atoms with Crippen molar-refractivity contribution in [2.45, 2.75) is 6.92 Å². The molecule has 1 aliphatic rings. The normalized spacial score (nSPS) is 14.6. The Balaban J connectivity index is 1.57. The molecule has 2 aromatic rings. The van der Waals surface area contributed by atoms with Crippen molar-refractivity contribution in [3.05, 3.63) is 59.7 Å². The van der Waals surface area contributed by atoms with Crippen LogP contribution in [0.25, 0.3) is 6.08 Å². The number of rotatable bonds is 6. The number of carbonyl (C=O) groups is 1. The minimum Gasteiger partial charge on any atom is -0.479 e. The van der Waals surface area contributed by atoms with Gasteiger partial charge in [-0.3, -0.25) is 4.79 Å². The Hall–Kier alpha value is -3.30. The molecule has 2 aromatic carbocycles. The summed E-state index contributed by atoms with van der Waals surface area (Å²) in [5, 5.41) is 11.5. The maximum absolute atomic E-state index is 12.3. The number of nitrogens with zero attached hydrogens (tertiary/aromatic N) is 3. The van der Waals surface area contributed by atoms with Crippen molar-refractivity contribution in [1.29, 1.82) is 5.26 Å². The summed E-state index contributed by atoms with van der Waals surface area (Å²) >= 11 is 0. The highest BCUT2D eigenvalue weighted by molar-refractivity contribution is 6.02. The first-order valence-corrected chi connectivity index (χ1v) is 9.68. The molecular formula is C23H26N4O2. The highest BCUT2D eigenvalue weighted by Gasteiger charge is 2.15. The smallest absolute Gasteiger partial charge is 0.248 e. The van der Waals surface area contributed by atoms with Gasteiger partial charge in [0.1, 0.15) is 11.8 Å². The van der Waals surface area contributed by atoms with Gasteiger partial charge in [0, 0.05) is 43.6 Å². The molecule has 6 nitrogen and oxygen atoms in total. The monoisotopic (exact) mass is 390 g/mol. The molecule has 1 N–H and O–H groups in total. The van der Waals surface area contributed by atoms with Crippen molar-refractivity contribution < 1.29 is 9.53 Å². The van der Waals surface area contributed by atoms with E-state index in [-0.39, 0.29) is 12.5 Å². The number of nitriles is 1. The Kier molecular flexibility index (Phi) is 6.88. The summed E-state index contributed by atoms with van der Waals surface area (Å²) in [5.74, 6) is 0.453. The van der Waals surface area contributed by atoms with Crippen molar-refractivity contribution in [2.24, 2.45) is 0 Å². The lowest BCUT2D eigenvalue weighted by Crippen LogP contribution is -2.44. The first-order chi connectivity index (χ1) is 14.0. The minimum atomic E-state index is -0.176. The minimum absolute atomic E-state index is 0.0184. The fourth-order valence-corrected chi connectivity index (χ4v) is 3.19. The van der Waals surface area contributed by atoms with Crippen LogP contribution >= 0.6 is 0 Å². The molecule has 0 radical (unpaired) electrons. The Bertz CT molecular complexity index is 907. The van der Waals surface area contributed by atoms with E-state index in [1.54, 1.807) is 18.2 Å². The van der Waals surface area contributed by atoms with Crippen molar-refractivity contribution in [2.75, 3.05) is 50.1 Å². The van der Waals surface area contributed by atoms with Gasteiger partial charge in [0.25, 0.3) is 0 Å². The Labute approximate surface area is 172 Å². The largest absolute Gasteiger partial charge is 0.479 e. The van der Waals surface area contributed by atoms with Crippen LogP contribution in [-0.2, 0) is 4.79 Å². The summed E-state index contributed by atoms with van der Waals surface area (Å²) in [6.07, 6.45) is 3.26. The number of anilines is 2. The third-order valence-corrected chi connectivity index (χ3v) is 4.95. The van der Waals surface area contributed by atoms with Crippen LogP contribution in [0.5, 0.6) is 5.75 Å². The summed E-state index contributed by atoms with van der Waals surface area (Å²) in [4.78, 5) is 17.0. The molecule has 150 valence electrons. The zero-order chi connectivity index (χ0) is 20.6. The van der Waals surface area contributed by atoms with Gasteiger partial charge in [-0.25, -0.2) is 0 Å². The molecule has 1 aliphatic heterocycles. The molecule has 0 saturated carbocycles. The maximum Gasteiger partial charge on any atom is 0.248 e. The Morgan fingerprint density at radius 2 is 1.90 bits per heavy atom. The summed E-state index contributed by atoms with van der Waals surface area (Å²) in [6, 6.07) is 15.3. The van der Waals surface area contributed by atoms with E-state index in [1.165, 1.54) is 11.8 Å². The van der Waals surface area contributed by atoms with Gasteiger partial charge in [0.15, 0.2) is 6.61 Å². The number of nitrogens with one attached hydrogen (secondary N) is 1. The zero-order valence-electron chi connectivity index (χ0n) is 16.9. The van der Waals surface area contributed by atoms with Crippen LogP contribution in [0.4, 0.5) is 11.4 Å². The number of hydrogen-bond acceptors (Lipinski definition) is 5. The molecule has 1 heterocycles. The van der Waals surface area contributed by atoms with Crippen LogP contribution in [0.3, 0.4) is 0 Å². The predicted molar refractivity (Wildman–Crippen MR) is 116 cm³/mol. The highest BCUT2D eigenvalue weighted by Crippen LogP contribution is 2.23. The number of piperazine rings is 1. The van der Waals surface area contributed by atoms with Crippen molar-refractivity contribution >= 4 is 23.4 Å². The van der Waals surface area contributed by atoms with Crippen molar-refractivity contribution in [1.82, 2.24) is 4.90 Å². The average Bonchev–Trinajstić information content (AvgIpc) is 2.73. The van der Waals surface area contributed by atoms with E-state index in [0.29, 0.717) is 5.75 Å². The first-order valence-electron chi connectivity index (χ1n) is 9.68. The average molecular weight is 390 g/mol. The Morgan fingerprint density at radius 3 is 2.55 bits per heavy atom. The number of carbonyl (C=O) groups excluding carboxylic acids is 1. The third-order valence-electron chi connectivity index (χ3n) is 4.95. The zero-order valence-corrected chi connectivity index (χ0v) is 16.9. The Morgan fingerprint density at radius 1 is 1.17 bits per heavy atom. The summed E-state index contributed by atoms with van der Waals surface area (Å²) in [6.45, 7) is 6.19.